The van der Waals surface area contributed by atoms with Crippen LogP contribution in [0.3, 0.4) is 0 Å². The zero-order chi connectivity index (χ0) is 18.9. The summed E-state index contributed by atoms with van der Waals surface area (Å²) in [4.78, 5) is 37.7. The standard InChI is InChI=1S/C19H33N3O4.ClH/c1-2-16(12-18(24)25)21-19(26)15-4-3-11-22(13-15)17(23)6-5-14-7-9-20-10-8-14;/h14-16,20H,2-13H2,1H3,(H,21,26)(H,24,25);1H/t15-,16+;/m1./s1. The summed E-state index contributed by atoms with van der Waals surface area (Å²) < 4.78 is 0. The lowest BCUT2D eigenvalue weighted by Crippen LogP contribution is -2.48. The maximum atomic E-state index is 12.5. The third-order valence-corrected chi connectivity index (χ3v) is 5.63. The predicted molar refractivity (Wildman–Crippen MR) is 106 cm³/mol. The van der Waals surface area contributed by atoms with Gasteiger partial charge >= 0.3 is 5.97 Å². The molecule has 0 aromatic heterocycles. The topological polar surface area (TPSA) is 98.7 Å². The fraction of sp³-hybridized carbons (Fsp3) is 0.842. The van der Waals surface area contributed by atoms with Gasteiger partial charge in [-0.1, -0.05) is 6.92 Å². The molecule has 0 bridgehead atoms. The average Bonchev–Trinajstić information content (AvgIpc) is 2.66. The second kappa shape index (κ2) is 12.2. The van der Waals surface area contributed by atoms with Gasteiger partial charge < -0.3 is 20.6 Å². The monoisotopic (exact) mass is 403 g/mol. The lowest BCUT2D eigenvalue weighted by Gasteiger charge is -2.33. The smallest absolute Gasteiger partial charge is 0.305 e. The Morgan fingerprint density at radius 1 is 1.22 bits per heavy atom. The molecule has 0 radical (unpaired) electrons. The van der Waals surface area contributed by atoms with E-state index in [-0.39, 0.29) is 42.6 Å². The summed E-state index contributed by atoms with van der Waals surface area (Å²) in [5.41, 5.74) is 0. The van der Waals surface area contributed by atoms with Crippen LogP contribution in [0.1, 0.15) is 58.3 Å². The van der Waals surface area contributed by atoms with Gasteiger partial charge in [-0.25, -0.2) is 0 Å². The van der Waals surface area contributed by atoms with E-state index in [0.717, 1.165) is 51.7 Å². The summed E-state index contributed by atoms with van der Waals surface area (Å²) in [7, 11) is 0. The van der Waals surface area contributed by atoms with Gasteiger partial charge in [0.15, 0.2) is 0 Å². The van der Waals surface area contributed by atoms with Crippen LogP contribution in [0.4, 0.5) is 0 Å². The number of nitrogens with one attached hydrogen (secondary N) is 2. The molecule has 0 unspecified atom stereocenters. The number of halogens is 1. The minimum atomic E-state index is -0.907. The van der Waals surface area contributed by atoms with Crippen molar-refractivity contribution in [1.29, 1.82) is 0 Å². The average molecular weight is 404 g/mol. The summed E-state index contributed by atoms with van der Waals surface area (Å²) in [5.74, 6) is -0.470. The first-order chi connectivity index (χ1) is 12.5. The first-order valence-electron chi connectivity index (χ1n) is 10.00. The van der Waals surface area contributed by atoms with E-state index in [1.165, 1.54) is 0 Å². The first kappa shape index (κ1) is 23.7. The molecule has 0 saturated carbocycles. The number of carboxylic acids is 1. The fourth-order valence-electron chi connectivity index (χ4n) is 3.90. The van der Waals surface area contributed by atoms with E-state index in [1.54, 1.807) is 0 Å². The van der Waals surface area contributed by atoms with E-state index in [9.17, 15) is 14.4 Å². The first-order valence-corrected chi connectivity index (χ1v) is 10.00. The largest absolute Gasteiger partial charge is 0.481 e. The van der Waals surface area contributed by atoms with Gasteiger partial charge in [0.05, 0.1) is 12.3 Å². The molecule has 2 aliphatic rings. The number of carboxylic acid groups (broad SMARTS) is 1. The molecule has 0 aromatic carbocycles. The highest BCUT2D eigenvalue weighted by Crippen LogP contribution is 2.21. The van der Waals surface area contributed by atoms with E-state index in [2.05, 4.69) is 10.6 Å². The van der Waals surface area contributed by atoms with Crippen LogP contribution in [0, 0.1) is 11.8 Å². The Bertz CT molecular complexity index is 497. The van der Waals surface area contributed by atoms with E-state index >= 15 is 0 Å². The van der Waals surface area contributed by atoms with Gasteiger partial charge in [-0.15, -0.1) is 12.4 Å². The Hall–Kier alpha value is -1.34. The van der Waals surface area contributed by atoms with Crippen molar-refractivity contribution in [3.8, 4) is 0 Å². The Morgan fingerprint density at radius 2 is 1.93 bits per heavy atom. The zero-order valence-electron chi connectivity index (χ0n) is 16.2. The Kier molecular flexibility index (Phi) is 10.7. The summed E-state index contributed by atoms with van der Waals surface area (Å²) >= 11 is 0. The molecular weight excluding hydrogens is 370 g/mol. The second-order valence-corrected chi connectivity index (χ2v) is 7.62. The van der Waals surface area contributed by atoms with Crippen molar-refractivity contribution in [2.45, 2.75) is 64.3 Å². The van der Waals surface area contributed by atoms with Crippen LogP contribution < -0.4 is 10.6 Å². The lowest BCUT2D eigenvalue weighted by atomic mass is 9.92. The van der Waals surface area contributed by atoms with Crippen LogP contribution in [0.5, 0.6) is 0 Å². The molecule has 0 aromatic rings. The van der Waals surface area contributed by atoms with Gasteiger partial charge in [0.25, 0.3) is 0 Å². The summed E-state index contributed by atoms with van der Waals surface area (Å²) in [6, 6.07) is -0.342. The Morgan fingerprint density at radius 3 is 2.56 bits per heavy atom. The van der Waals surface area contributed by atoms with Crippen molar-refractivity contribution < 1.29 is 19.5 Å². The van der Waals surface area contributed by atoms with Gasteiger partial charge in [-0.05, 0) is 57.5 Å². The molecule has 2 aliphatic heterocycles. The van der Waals surface area contributed by atoms with Crippen LogP contribution in [0.15, 0.2) is 0 Å². The molecule has 2 atom stereocenters. The second-order valence-electron chi connectivity index (χ2n) is 7.62. The summed E-state index contributed by atoms with van der Waals surface area (Å²) in [5, 5.41) is 15.1. The molecule has 0 aliphatic carbocycles. The molecule has 2 heterocycles. The van der Waals surface area contributed by atoms with Crippen molar-refractivity contribution in [2.75, 3.05) is 26.2 Å². The van der Waals surface area contributed by atoms with Crippen molar-refractivity contribution >= 4 is 30.2 Å². The maximum Gasteiger partial charge on any atom is 0.305 e. The number of hydrogen-bond donors (Lipinski definition) is 3. The molecule has 2 saturated heterocycles. The molecule has 3 N–H and O–H groups in total. The number of hydrogen-bond acceptors (Lipinski definition) is 4. The lowest BCUT2D eigenvalue weighted by molar-refractivity contribution is -0.138. The van der Waals surface area contributed by atoms with Gasteiger partial charge in [0, 0.05) is 25.6 Å². The fourth-order valence-corrected chi connectivity index (χ4v) is 3.90. The molecule has 0 spiro atoms. The summed E-state index contributed by atoms with van der Waals surface area (Å²) in [6.45, 7) is 5.13. The van der Waals surface area contributed by atoms with Gasteiger partial charge in [-0.3, -0.25) is 14.4 Å². The third-order valence-electron chi connectivity index (χ3n) is 5.63. The highest BCUT2D eigenvalue weighted by atomic mass is 35.5. The Balaban J connectivity index is 0.00000364. The molecule has 8 heteroatoms. The van der Waals surface area contributed by atoms with Gasteiger partial charge in [0.2, 0.25) is 11.8 Å². The summed E-state index contributed by atoms with van der Waals surface area (Å²) in [6.07, 6.45) is 5.89. The van der Waals surface area contributed by atoms with Crippen molar-refractivity contribution in [1.82, 2.24) is 15.5 Å². The molecule has 27 heavy (non-hydrogen) atoms. The number of amides is 2. The molecule has 7 nitrogen and oxygen atoms in total. The molecule has 2 amide bonds. The normalized spacial score (nSPS) is 21.8. The quantitative estimate of drug-likeness (QED) is 0.574. The van der Waals surface area contributed by atoms with E-state index in [1.807, 2.05) is 11.8 Å². The third kappa shape index (κ3) is 8.05. The van der Waals surface area contributed by atoms with Crippen molar-refractivity contribution in [2.24, 2.45) is 11.8 Å². The minimum absolute atomic E-state index is 0. The van der Waals surface area contributed by atoms with Crippen LogP contribution in [0.25, 0.3) is 0 Å². The molecule has 2 fully saturated rings. The van der Waals surface area contributed by atoms with Gasteiger partial charge in [-0.2, -0.15) is 0 Å². The predicted octanol–water partition coefficient (Wildman–Crippen LogP) is 1.80. The molecule has 2 rings (SSSR count). The number of aliphatic carboxylic acids is 1. The zero-order valence-corrected chi connectivity index (χ0v) is 17.1. The van der Waals surface area contributed by atoms with Crippen molar-refractivity contribution in [3.63, 3.8) is 0 Å². The van der Waals surface area contributed by atoms with Crippen LogP contribution in [0.2, 0.25) is 0 Å². The van der Waals surface area contributed by atoms with Crippen LogP contribution in [-0.4, -0.2) is 60.0 Å². The Labute approximate surface area is 168 Å². The highest BCUT2D eigenvalue weighted by Gasteiger charge is 2.29. The molecular formula is C19H34ClN3O4. The maximum absolute atomic E-state index is 12.5. The van der Waals surface area contributed by atoms with Gasteiger partial charge in [0.1, 0.15) is 0 Å². The number of rotatable bonds is 8. The van der Waals surface area contributed by atoms with Crippen molar-refractivity contribution in [3.05, 3.63) is 0 Å². The number of nitrogens with zero attached hydrogens (tertiary/aromatic N) is 1. The van der Waals surface area contributed by atoms with E-state index in [4.69, 9.17) is 5.11 Å². The van der Waals surface area contributed by atoms with E-state index < -0.39 is 5.97 Å². The minimum Gasteiger partial charge on any atom is -0.481 e. The van der Waals surface area contributed by atoms with Crippen LogP contribution >= 0.6 is 12.4 Å². The number of carbonyl (C=O) groups is 3. The SMILES string of the molecule is CC[C@@H](CC(=O)O)NC(=O)[C@@H]1CCCN(C(=O)CCC2CCNCC2)C1.Cl. The number of carbonyl (C=O) groups excluding carboxylic acids is 2. The highest BCUT2D eigenvalue weighted by molar-refractivity contribution is 5.85. The number of piperidine rings is 2. The van der Waals surface area contributed by atoms with Crippen LogP contribution in [-0.2, 0) is 14.4 Å². The number of likely N-dealkylation sites (tertiary alicyclic amines) is 1. The van der Waals surface area contributed by atoms with E-state index in [0.29, 0.717) is 25.3 Å². The molecule has 156 valence electrons.